The number of benzene rings is 2. The van der Waals surface area contributed by atoms with E-state index in [0.29, 0.717) is 25.1 Å². The lowest BCUT2D eigenvalue weighted by Gasteiger charge is -2.30. The maximum absolute atomic E-state index is 13.1. The summed E-state index contributed by atoms with van der Waals surface area (Å²) < 4.78 is 5.26. The predicted molar refractivity (Wildman–Crippen MR) is 126 cm³/mol. The molecule has 1 unspecified atom stereocenters. The van der Waals surface area contributed by atoms with Crippen LogP contribution in [0.3, 0.4) is 0 Å². The van der Waals surface area contributed by atoms with Gasteiger partial charge in [0.25, 0.3) is 5.91 Å². The normalized spacial score (nSPS) is 18.7. The van der Waals surface area contributed by atoms with Gasteiger partial charge in [0, 0.05) is 30.8 Å². The van der Waals surface area contributed by atoms with E-state index in [1.165, 1.54) is 0 Å². The number of amides is 3. The van der Waals surface area contributed by atoms with Crippen LogP contribution in [-0.4, -0.2) is 49.4 Å². The van der Waals surface area contributed by atoms with Gasteiger partial charge in [-0.2, -0.15) is 0 Å². The lowest BCUT2D eigenvalue weighted by atomic mass is 10.0. The number of rotatable bonds is 6. The van der Waals surface area contributed by atoms with E-state index < -0.39 is 0 Å². The summed E-state index contributed by atoms with van der Waals surface area (Å²) >= 11 is 0. The molecule has 2 aromatic rings. The van der Waals surface area contributed by atoms with Gasteiger partial charge in [-0.05, 0) is 61.2 Å². The standard InChI is InChI=1S/C26H31N3O4/c1-33-22-14-10-19(11-15-22)23-6-3-2-4-16-29(23)25(31)18-27-26(32)20-8-12-21(13-9-20)28-17-5-7-24(28)30/h8-15,23H,2-7,16-18H2,1H3,(H,27,32). The lowest BCUT2D eigenvalue weighted by molar-refractivity contribution is -0.132. The van der Waals surface area contributed by atoms with Crippen molar-refractivity contribution in [2.45, 2.75) is 44.6 Å². The van der Waals surface area contributed by atoms with E-state index in [0.717, 1.165) is 49.1 Å². The van der Waals surface area contributed by atoms with Crippen molar-refractivity contribution in [3.05, 3.63) is 59.7 Å². The second-order valence-electron chi connectivity index (χ2n) is 8.60. The Balaban J connectivity index is 1.38. The van der Waals surface area contributed by atoms with Crippen molar-refractivity contribution in [2.75, 3.05) is 31.6 Å². The maximum atomic E-state index is 13.1. The minimum absolute atomic E-state index is 0.0000832. The quantitative estimate of drug-likeness (QED) is 0.730. The lowest BCUT2D eigenvalue weighted by Crippen LogP contribution is -2.42. The number of anilines is 1. The van der Waals surface area contributed by atoms with Crippen LogP contribution in [0, 0.1) is 0 Å². The van der Waals surface area contributed by atoms with Gasteiger partial charge in [0.1, 0.15) is 5.75 Å². The first-order chi connectivity index (χ1) is 16.1. The average Bonchev–Trinajstić information content (AvgIpc) is 3.13. The number of ether oxygens (including phenoxy) is 1. The van der Waals surface area contributed by atoms with Gasteiger partial charge in [-0.1, -0.05) is 25.0 Å². The van der Waals surface area contributed by atoms with Gasteiger partial charge in [0.2, 0.25) is 11.8 Å². The summed E-state index contributed by atoms with van der Waals surface area (Å²) in [5, 5.41) is 2.77. The first kappa shape index (κ1) is 22.8. The summed E-state index contributed by atoms with van der Waals surface area (Å²) in [5.41, 5.74) is 2.36. The summed E-state index contributed by atoms with van der Waals surface area (Å²) in [5.74, 6) is 0.531. The summed E-state index contributed by atoms with van der Waals surface area (Å²) in [6, 6.07) is 14.8. The van der Waals surface area contributed by atoms with Crippen LogP contribution in [0.2, 0.25) is 0 Å². The molecule has 0 aromatic heterocycles. The van der Waals surface area contributed by atoms with Crippen molar-refractivity contribution in [2.24, 2.45) is 0 Å². The minimum atomic E-state index is -0.293. The second kappa shape index (κ2) is 10.5. The Bertz CT molecular complexity index is 988. The molecule has 2 saturated heterocycles. The fraction of sp³-hybridized carbons (Fsp3) is 0.423. The fourth-order valence-corrected chi connectivity index (χ4v) is 4.65. The Hall–Kier alpha value is -3.35. The van der Waals surface area contributed by atoms with Crippen LogP contribution in [-0.2, 0) is 9.59 Å². The van der Waals surface area contributed by atoms with E-state index >= 15 is 0 Å². The molecule has 174 valence electrons. The van der Waals surface area contributed by atoms with Crippen molar-refractivity contribution >= 4 is 23.4 Å². The summed E-state index contributed by atoms with van der Waals surface area (Å²) in [6.07, 6.45) is 5.45. The number of hydrogen-bond donors (Lipinski definition) is 1. The van der Waals surface area contributed by atoms with E-state index in [4.69, 9.17) is 4.74 Å². The van der Waals surface area contributed by atoms with Gasteiger partial charge in [-0.3, -0.25) is 14.4 Å². The third kappa shape index (κ3) is 5.35. The second-order valence-corrected chi connectivity index (χ2v) is 8.60. The van der Waals surface area contributed by atoms with E-state index in [9.17, 15) is 14.4 Å². The highest BCUT2D eigenvalue weighted by molar-refractivity contribution is 5.98. The Labute approximate surface area is 194 Å². The number of carbonyl (C=O) groups is 3. The smallest absolute Gasteiger partial charge is 0.251 e. The molecule has 0 radical (unpaired) electrons. The number of nitrogens with zero attached hydrogens (tertiary/aromatic N) is 2. The number of methoxy groups -OCH3 is 1. The van der Waals surface area contributed by atoms with E-state index in [1.807, 2.05) is 29.2 Å². The van der Waals surface area contributed by atoms with E-state index in [-0.39, 0.29) is 30.3 Å². The average molecular weight is 450 g/mol. The third-order valence-corrected chi connectivity index (χ3v) is 6.49. The molecule has 2 fully saturated rings. The first-order valence-corrected chi connectivity index (χ1v) is 11.7. The van der Waals surface area contributed by atoms with Gasteiger partial charge < -0.3 is 19.9 Å². The Kier molecular flexibility index (Phi) is 7.27. The van der Waals surface area contributed by atoms with Crippen molar-refractivity contribution in [3.8, 4) is 5.75 Å². The molecule has 0 bridgehead atoms. The summed E-state index contributed by atoms with van der Waals surface area (Å²) in [6.45, 7) is 1.35. The molecular formula is C26H31N3O4. The van der Waals surface area contributed by atoms with Crippen molar-refractivity contribution in [1.82, 2.24) is 10.2 Å². The fourth-order valence-electron chi connectivity index (χ4n) is 4.65. The van der Waals surface area contributed by atoms with Crippen molar-refractivity contribution in [1.29, 1.82) is 0 Å². The topological polar surface area (TPSA) is 79.0 Å². The molecule has 0 spiro atoms. The van der Waals surface area contributed by atoms with Gasteiger partial charge in [0.15, 0.2) is 0 Å². The summed E-state index contributed by atoms with van der Waals surface area (Å²) in [7, 11) is 1.64. The molecule has 0 saturated carbocycles. The van der Waals surface area contributed by atoms with Crippen molar-refractivity contribution < 1.29 is 19.1 Å². The number of carbonyl (C=O) groups excluding carboxylic acids is 3. The van der Waals surface area contributed by atoms with Crippen LogP contribution < -0.4 is 15.0 Å². The highest BCUT2D eigenvalue weighted by atomic mass is 16.5. The van der Waals surface area contributed by atoms with Gasteiger partial charge in [0.05, 0.1) is 19.7 Å². The molecule has 2 aromatic carbocycles. The highest BCUT2D eigenvalue weighted by Gasteiger charge is 2.27. The monoisotopic (exact) mass is 449 g/mol. The van der Waals surface area contributed by atoms with Crippen LogP contribution in [0.1, 0.15) is 60.5 Å². The van der Waals surface area contributed by atoms with E-state index in [1.54, 1.807) is 36.3 Å². The van der Waals surface area contributed by atoms with Gasteiger partial charge in [-0.15, -0.1) is 0 Å². The largest absolute Gasteiger partial charge is 0.497 e. The molecule has 0 aliphatic carbocycles. The Morgan fingerprint density at radius 3 is 2.39 bits per heavy atom. The molecular weight excluding hydrogens is 418 g/mol. The zero-order chi connectivity index (χ0) is 23.2. The molecule has 2 aliphatic rings. The maximum Gasteiger partial charge on any atom is 0.251 e. The minimum Gasteiger partial charge on any atom is -0.497 e. The molecule has 4 rings (SSSR count). The molecule has 33 heavy (non-hydrogen) atoms. The molecule has 7 nitrogen and oxygen atoms in total. The Morgan fingerprint density at radius 2 is 1.73 bits per heavy atom. The zero-order valence-electron chi connectivity index (χ0n) is 19.1. The number of hydrogen-bond acceptors (Lipinski definition) is 4. The predicted octanol–water partition coefficient (Wildman–Crippen LogP) is 3.70. The molecule has 1 atom stereocenters. The zero-order valence-corrected chi connectivity index (χ0v) is 19.1. The van der Waals surface area contributed by atoms with Gasteiger partial charge in [-0.25, -0.2) is 0 Å². The first-order valence-electron chi connectivity index (χ1n) is 11.7. The van der Waals surface area contributed by atoms with Gasteiger partial charge >= 0.3 is 0 Å². The number of likely N-dealkylation sites (tertiary alicyclic amines) is 1. The van der Waals surface area contributed by atoms with Crippen LogP contribution in [0.25, 0.3) is 0 Å². The molecule has 2 aliphatic heterocycles. The Morgan fingerprint density at radius 1 is 0.970 bits per heavy atom. The highest BCUT2D eigenvalue weighted by Crippen LogP contribution is 2.31. The summed E-state index contributed by atoms with van der Waals surface area (Å²) in [4.78, 5) is 41.3. The molecule has 2 heterocycles. The van der Waals surface area contributed by atoms with Crippen LogP contribution >= 0.6 is 0 Å². The van der Waals surface area contributed by atoms with Crippen LogP contribution in [0.4, 0.5) is 5.69 Å². The van der Waals surface area contributed by atoms with E-state index in [2.05, 4.69) is 5.32 Å². The third-order valence-electron chi connectivity index (χ3n) is 6.49. The molecule has 3 amide bonds. The van der Waals surface area contributed by atoms with Crippen LogP contribution in [0.15, 0.2) is 48.5 Å². The van der Waals surface area contributed by atoms with Crippen LogP contribution in [0.5, 0.6) is 5.75 Å². The molecule has 1 N–H and O–H groups in total. The van der Waals surface area contributed by atoms with Crippen molar-refractivity contribution in [3.63, 3.8) is 0 Å². The SMILES string of the molecule is COc1ccc(C2CCCCCN2C(=O)CNC(=O)c2ccc(N3CCCC3=O)cc2)cc1. The number of nitrogens with one attached hydrogen (secondary N) is 1. The molecule has 7 heteroatoms.